The van der Waals surface area contributed by atoms with Gasteiger partial charge in [0.15, 0.2) is 0 Å². The second kappa shape index (κ2) is 6.05. The fourth-order valence-corrected chi connectivity index (χ4v) is 2.55. The first-order chi connectivity index (χ1) is 8.69. The molecule has 2 unspecified atom stereocenters. The van der Waals surface area contributed by atoms with E-state index in [1.165, 1.54) is 6.42 Å². The summed E-state index contributed by atoms with van der Waals surface area (Å²) >= 11 is 0. The summed E-state index contributed by atoms with van der Waals surface area (Å²) in [5.74, 6) is 2.59. The molecule has 0 radical (unpaired) electrons. The number of likely N-dealkylation sites (tertiary alicyclic amines) is 1. The summed E-state index contributed by atoms with van der Waals surface area (Å²) in [5, 5.41) is 6.82. The lowest BCUT2D eigenvalue weighted by Gasteiger charge is -2.35. The van der Waals surface area contributed by atoms with Crippen LogP contribution in [0, 0.1) is 5.92 Å². The number of aromatic nitrogens is 1. The summed E-state index contributed by atoms with van der Waals surface area (Å²) in [4.78, 5) is 6.97. The zero-order chi connectivity index (χ0) is 13.0. The van der Waals surface area contributed by atoms with Crippen molar-refractivity contribution in [2.45, 2.75) is 26.3 Å². The Bertz CT molecular complexity index is 380. The van der Waals surface area contributed by atoms with Crippen molar-refractivity contribution in [3.05, 3.63) is 18.2 Å². The monoisotopic (exact) mass is 248 g/mol. The highest BCUT2D eigenvalue weighted by Gasteiger charge is 2.24. The van der Waals surface area contributed by atoms with E-state index in [9.17, 15) is 0 Å². The van der Waals surface area contributed by atoms with Gasteiger partial charge in [0.25, 0.3) is 0 Å². The third-order valence-corrected chi connectivity index (χ3v) is 3.55. The Morgan fingerprint density at radius 2 is 2.17 bits per heavy atom. The van der Waals surface area contributed by atoms with Gasteiger partial charge in [0.2, 0.25) is 0 Å². The number of piperidine rings is 1. The van der Waals surface area contributed by atoms with Crippen LogP contribution in [0.2, 0.25) is 0 Å². The fraction of sp³-hybridized carbons (Fsp3) is 0.643. The minimum Gasteiger partial charge on any atom is -0.370 e. The minimum absolute atomic E-state index is 0.533. The number of hydrogen-bond donors (Lipinski definition) is 2. The van der Waals surface area contributed by atoms with E-state index < -0.39 is 0 Å². The van der Waals surface area contributed by atoms with Crippen molar-refractivity contribution in [1.29, 1.82) is 0 Å². The van der Waals surface area contributed by atoms with E-state index in [2.05, 4.69) is 41.4 Å². The molecule has 1 saturated heterocycles. The van der Waals surface area contributed by atoms with Gasteiger partial charge in [0.1, 0.15) is 11.6 Å². The van der Waals surface area contributed by atoms with Crippen molar-refractivity contribution < 1.29 is 0 Å². The molecule has 0 amide bonds. The van der Waals surface area contributed by atoms with Crippen LogP contribution in [0.5, 0.6) is 0 Å². The van der Waals surface area contributed by atoms with Gasteiger partial charge in [-0.05, 0) is 45.0 Å². The summed E-state index contributed by atoms with van der Waals surface area (Å²) in [6.45, 7) is 7.61. The fourth-order valence-electron chi connectivity index (χ4n) is 2.55. The molecule has 2 heterocycles. The molecule has 18 heavy (non-hydrogen) atoms. The van der Waals surface area contributed by atoms with E-state index in [-0.39, 0.29) is 0 Å². The minimum atomic E-state index is 0.533. The largest absolute Gasteiger partial charge is 0.370 e. The number of pyridine rings is 1. The van der Waals surface area contributed by atoms with Gasteiger partial charge in [-0.1, -0.05) is 13.0 Å². The molecule has 2 N–H and O–H groups in total. The van der Waals surface area contributed by atoms with Gasteiger partial charge in [-0.15, -0.1) is 0 Å². The summed E-state index contributed by atoms with van der Waals surface area (Å²) < 4.78 is 0. The molecule has 0 aromatic carbocycles. The van der Waals surface area contributed by atoms with Gasteiger partial charge in [-0.2, -0.15) is 0 Å². The van der Waals surface area contributed by atoms with Crippen molar-refractivity contribution in [3.8, 4) is 0 Å². The number of anilines is 2. The molecule has 4 nitrogen and oxygen atoms in total. The van der Waals surface area contributed by atoms with Crippen LogP contribution in [-0.2, 0) is 0 Å². The standard InChI is InChI=1S/C14H24N4/c1-4-15-13-6-5-7-14(17-13)16-12-8-9-18(3)10-11(12)2/h5-7,11-12H,4,8-10H2,1-3H3,(H2,15,16,17). The van der Waals surface area contributed by atoms with Crippen molar-refractivity contribution in [2.75, 3.05) is 37.3 Å². The average molecular weight is 248 g/mol. The number of nitrogens with one attached hydrogen (secondary N) is 2. The van der Waals surface area contributed by atoms with Gasteiger partial charge in [0.05, 0.1) is 0 Å². The molecule has 1 aliphatic rings. The van der Waals surface area contributed by atoms with Crippen LogP contribution in [-0.4, -0.2) is 42.6 Å². The van der Waals surface area contributed by atoms with Crippen molar-refractivity contribution in [3.63, 3.8) is 0 Å². The van der Waals surface area contributed by atoms with Crippen molar-refractivity contribution >= 4 is 11.6 Å². The Labute approximate surface area is 110 Å². The van der Waals surface area contributed by atoms with Gasteiger partial charge in [0, 0.05) is 19.1 Å². The number of nitrogens with zero attached hydrogens (tertiary/aromatic N) is 2. The van der Waals surface area contributed by atoms with Crippen LogP contribution in [0.25, 0.3) is 0 Å². The molecule has 4 heteroatoms. The van der Waals surface area contributed by atoms with Gasteiger partial charge in [-0.3, -0.25) is 0 Å². The molecular formula is C14H24N4. The maximum Gasteiger partial charge on any atom is 0.128 e. The quantitative estimate of drug-likeness (QED) is 0.857. The molecule has 1 aliphatic heterocycles. The molecule has 0 saturated carbocycles. The lowest BCUT2D eigenvalue weighted by atomic mass is 9.94. The van der Waals surface area contributed by atoms with Gasteiger partial charge in [-0.25, -0.2) is 4.98 Å². The highest BCUT2D eigenvalue weighted by atomic mass is 15.1. The van der Waals surface area contributed by atoms with Crippen LogP contribution < -0.4 is 10.6 Å². The zero-order valence-corrected chi connectivity index (χ0v) is 11.6. The van der Waals surface area contributed by atoms with Crippen LogP contribution in [0.3, 0.4) is 0 Å². The summed E-state index contributed by atoms with van der Waals surface area (Å²) in [5.41, 5.74) is 0. The summed E-state index contributed by atoms with van der Waals surface area (Å²) in [7, 11) is 2.19. The second-order valence-electron chi connectivity index (χ2n) is 5.22. The van der Waals surface area contributed by atoms with Crippen LogP contribution in [0.1, 0.15) is 20.3 Å². The zero-order valence-electron chi connectivity index (χ0n) is 11.6. The average Bonchev–Trinajstić information content (AvgIpc) is 2.34. The molecule has 100 valence electrons. The first-order valence-electron chi connectivity index (χ1n) is 6.85. The van der Waals surface area contributed by atoms with E-state index >= 15 is 0 Å². The lowest BCUT2D eigenvalue weighted by Crippen LogP contribution is -2.43. The predicted octanol–water partition coefficient (Wildman–Crippen LogP) is 2.27. The second-order valence-corrected chi connectivity index (χ2v) is 5.22. The van der Waals surface area contributed by atoms with E-state index in [4.69, 9.17) is 0 Å². The van der Waals surface area contributed by atoms with E-state index in [1.54, 1.807) is 0 Å². The third kappa shape index (κ3) is 3.35. The highest BCUT2D eigenvalue weighted by Crippen LogP contribution is 2.20. The number of hydrogen-bond acceptors (Lipinski definition) is 4. The maximum absolute atomic E-state index is 4.57. The molecule has 2 atom stereocenters. The molecule has 1 fully saturated rings. The van der Waals surface area contributed by atoms with Crippen LogP contribution in [0.4, 0.5) is 11.6 Å². The Hall–Kier alpha value is -1.29. The Balaban J connectivity index is 1.98. The van der Waals surface area contributed by atoms with Gasteiger partial charge < -0.3 is 15.5 Å². The van der Waals surface area contributed by atoms with Crippen molar-refractivity contribution in [2.24, 2.45) is 5.92 Å². The van der Waals surface area contributed by atoms with Crippen molar-refractivity contribution in [1.82, 2.24) is 9.88 Å². The highest BCUT2D eigenvalue weighted by molar-refractivity contribution is 5.45. The number of rotatable bonds is 4. The van der Waals surface area contributed by atoms with Gasteiger partial charge >= 0.3 is 0 Å². The van der Waals surface area contributed by atoms with E-state index in [0.29, 0.717) is 12.0 Å². The summed E-state index contributed by atoms with van der Waals surface area (Å²) in [6.07, 6.45) is 1.19. The molecule has 0 aliphatic carbocycles. The van der Waals surface area contributed by atoms with E-state index in [0.717, 1.165) is 31.3 Å². The Morgan fingerprint density at radius 3 is 2.89 bits per heavy atom. The van der Waals surface area contributed by atoms with E-state index in [1.807, 2.05) is 18.2 Å². The van der Waals surface area contributed by atoms with Crippen LogP contribution >= 0.6 is 0 Å². The van der Waals surface area contributed by atoms with Crippen LogP contribution in [0.15, 0.2) is 18.2 Å². The smallest absolute Gasteiger partial charge is 0.128 e. The third-order valence-electron chi connectivity index (χ3n) is 3.55. The first kappa shape index (κ1) is 13.1. The Morgan fingerprint density at radius 1 is 1.39 bits per heavy atom. The SMILES string of the molecule is CCNc1cccc(NC2CCN(C)CC2C)n1. The Kier molecular flexibility index (Phi) is 4.42. The maximum atomic E-state index is 4.57. The first-order valence-corrected chi connectivity index (χ1v) is 6.85. The molecule has 0 bridgehead atoms. The predicted molar refractivity (Wildman–Crippen MR) is 77.1 cm³/mol. The molecule has 1 aromatic heterocycles. The molecule has 0 spiro atoms. The normalized spacial score (nSPS) is 24.8. The topological polar surface area (TPSA) is 40.2 Å². The summed E-state index contributed by atoms with van der Waals surface area (Å²) in [6, 6.07) is 6.64. The molecule has 1 aromatic rings. The molecular weight excluding hydrogens is 224 g/mol. The lowest BCUT2D eigenvalue weighted by molar-refractivity contribution is 0.206. The molecule has 2 rings (SSSR count).